The van der Waals surface area contributed by atoms with Gasteiger partial charge in [-0.15, -0.1) is 12.4 Å². The van der Waals surface area contributed by atoms with E-state index in [4.69, 9.17) is 5.73 Å². The summed E-state index contributed by atoms with van der Waals surface area (Å²) in [4.78, 5) is 12.2. The number of hydrogen-bond acceptors (Lipinski definition) is 2. The van der Waals surface area contributed by atoms with Crippen molar-refractivity contribution in [2.24, 2.45) is 11.1 Å². The maximum atomic E-state index is 12.2. The van der Waals surface area contributed by atoms with E-state index in [2.05, 4.69) is 53.8 Å². The third kappa shape index (κ3) is 6.18. The number of benzene rings is 2. The molecule has 2 aromatic carbocycles. The number of halogens is 1. The molecule has 3 N–H and O–H groups in total. The van der Waals surface area contributed by atoms with Crippen LogP contribution in [-0.4, -0.2) is 18.5 Å². The van der Waals surface area contributed by atoms with Crippen LogP contribution in [0.2, 0.25) is 0 Å². The third-order valence-electron chi connectivity index (χ3n) is 4.35. The average Bonchev–Trinajstić information content (AvgIpc) is 2.58. The van der Waals surface area contributed by atoms with E-state index in [-0.39, 0.29) is 29.6 Å². The van der Waals surface area contributed by atoms with Crippen molar-refractivity contribution in [3.8, 4) is 0 Å². The Morgan fingerprint density at radius 3 is 1.80 bits per heavy atom. The zero-order valence-corrected chi connectivity index (χ0v) is 16.1. The van der Waals surface area contributed by atoms with Gasteiger partial charge in [0, 0.05) is 12.5 Å². The molecule has 1 amide bonds. The van der Waals surface area contributed by atoms with Gasteiger partial charge in [0.2, 0.25) is 5.91 Å². The zero-order valence-electron chi connectivity index (χ0n) is 15.2. The predicted octanol–water partition coefficient (Wildman–Crippen LogP) is 4.12. The topological polar surface area (TPSA) is 55.1 Å². The molecule has 0 radical (unpaired) electrons. The van der Waals surface area contributed by atoms with Gasteiger partial charge >= 0.3 is 0 Å². The molecule has 0 saturated carbocycles. The van der Waals surface area contributed by atoms with Gasteiger partial charge in [-0.3, -0.25) is 4.79 Å². The van der Waals surface area contributed by atoms with Crippen LogP contribution >= 0.6 is 12.4 Å². The van der Waals surface area contributed by atoms with Crippen molar-refractivity contribution >= 4 is 18.3 Å². The third-order valence-corrected chi connectivity index (χ3v) is 4.35. The molecule has 0 aliphatic rings. The molecule has 0 bridgehead atoms. The SMILES string of the molecule is CC(C)(C)[C@H](N)C(=O)NCCC(c1ccccc1)c1ccccc1.Cl. The lowest BCUT2D eigenvalue weighted by molar-refractivity contribution is -0.124. The normalized spacial score (nSPS) is 12.4. The highest BCUT2D eigenvalue weighted by Crippen LogP contribution is 2.27. The first kappa shape index (κ1) is 21.2. The number of carbonyl (C=O) groups excluding carboxylic acids is 1. The summed E-state index contributed by atoms with van der Waals surface area (Å²) in [5, 5.41) is 3.00. The van der Waals surface area contributed by atoms with Crippen molar-refractivity contribution in [2.45, 2.75) is 39.2 Å². The summed E-state index contributed by atoms with van der Waals surface area (Å²) in [7, 11) is 0. The smallest absolute Gasteiger partial charge is 0.237 e. The van der Waals surface area contributed by atoms with E-state index in [1.165, 1.54) is 11.1 Å². The van der Waals surface area contributed by atoms with E-state index < -0.39 is 6.04 Å². The van der Waals surface area contributed by atoms with E-state index in [0.717, 1.165) is 6.42 Å². The van der Waals surface area contributed by atoms with E-state index >= 15 is 0 Å². The molecule has 0 saturated heterocycles. The van der Waals surface area contributed by atoms with Gasteiger partial charge in [-0.2, -0.15) is 0 Å². The summed E-state index contributed by atoms with van der Waals surface area (Å²) in [5.41, 5.74) is 8.31. The van der Waals surface area contributed by atoms with Gasteiger partial charge in [-0.25, -0.2) is 0 Å². The molecule has 1 atom stereocenters. The van der Waals surface area contributed by atoms with Gasteiger partial charge in [-0.05, 0) is 23.0 Å². The summed E-state index contributed by atoms with van der Waals surface area (Å²) in [6.07, 6.45) is 0.844. The fourth-order valence-corrected chi connectivity index (χ4v) is 2.74. The van der Waals surface area contributed by atoms with Crippen molar-refractivity contribution in [3.63, 3.8) is 0 Å². The number of hydrogen-bond donors (Lipinski definition) is 2. The van der Waals surface area contributed by atoms with Gasteiger partial charge in [0.05, 0.1) is 6.04 Å². The quantitative estimate of drug-likeness (QED) is 0.814. The molecule has 3 nitrogen and oxygen atoms in total. The van der Waals surface area contributed by atoms with Crippen LogP contribution in [0.4, 0.5) is 0 Å². The Morgan fingerprint density at radius 1 is 0.960 bits per heavy atom. The number of amides is 1. The monoisotopic (exact) mass is 360 g/mol. The second kappa shape index (κ2) is 9.59. The van der Waals surface area contributed by atoms with E-state index in [1.807, 2.05) is 32.9 Å². The van der Waals surface area contributed by atoms with Crippen LogP contribution in [0.1, 0.15) is 44.2 Å². The molecule has 0 aliphatic carbocycles. The first-order chi connectivity index (χ1) is 11.4. The molecule has 0 fully saturated rings. The summed E-state index contributed by atoms with van der Waals surface area (Å²) in [6.45, 7) is 6.55. The van der Waals surface area contributed by atoms with E-state index in [1.54, 1.807) is 0 Å². The summed E-state index contributed by atoms with van der Waals surface area (Å²) < 4.78 is 0. The second-order valence-electron chi connectivity index (χ2n) is 7.30. The first-order valence-electron chi connectivity index (χ1n) is 8.53. The van der Waals surface area contributed by atoms with Crippen LogP contribution < -0.4 is 11.1 Å². The van der Waals surface area contributed by atoms with Gasteiger partial charge < -0.3 is 11.1 Å². The number of nitrogens with two attached hydrogens (primary N) is 1. The molecule has 2 aromatic rings. The first-order valence-corrected chi connectivity index (χ1v) is 8.53. The van der Waals surface area contributed by atoms with Gasteiger partial charge in [-0.1, -0.05) is 81.4 Å². The lowest BCUT2D eigenvalue weighted by atomic mass is 9.86. The molecule has 0 spiro atoms. The number of rotatable bonds is 6. The molecule has 0 heterocycles. The standard InChI is InChI=1S/C21H28N2O.ClH/c1-21(2,3)19(22)20(24)23-15-14-18(16-10-6-4-7-11-16)17-12-8-5-9-13-17;/h4-13,18-19H,14-15,22H2,1-3H3,(H,23,24);1H/t19-;/m1./s1. The van der Waals surface area contributed by atoms with Crippen LogP contribution in [0.15, 0.2) is 60.7 Å². The van der Waals surface area contributed by atoms with Gasteiger partial charge in [0.25, 0.3) is 0 Å². The van der Waals surface area contributed by atoms with Crippen molar-refractivity contribution in [1.29, 1.82) is 0 Å². The Kier molecular flexibility index (Phi) is 8.14. The molecular weight excluding hydrogens is 332 g/mol. The lowest BCUT2D eigenvalue weighted by Gasteiger charge is -2.26. The molecule has 2 rings (SSSR count). The second-order valence-corrected chi connectivity index (χ2v) is 7.30. The number of carbonyl (C=O) groups is 1. The molecular formula is C21H29ClN2O. The molecule has 25 heavy (non-hydrogen) atoms. The molecule has 0 aromatic heterocycles. The Balaban J connectivity index is 0.00000312. The summed E-state index contributed by atoms with van der Waals surface area (Å²) in [6, 6.07) is 20.3. The maximum absolute atomic E-state index is 12.2. The van der Waals surface area contributed by atoms with Crippen LogP contribution in [0.3, 0.4) is 0 Å². The van der Waals surface area contributed by atoms with Crippen molar-refractivity contribution in [3.05, 3.63) is 71.8 Å². The average molecular weight is 361 g/mol. The van der Waals surface area contributed by atoms with Crippen molar-refractivity contribution in [2.75, 3.05) is 6.54 Å². The van der Waals surface area contributed by atoms with Crippen molar-refractivity contribution < 1.29 is 4.79 Å². The minimum absolute atomic E-state index is 0. The zero-order chi connectivity index (χ0) is 17.6. The van der Waals surface area contributed by atoms with E-state index in [0.29, 0.717) is 6.54 Å². The van der Waals surface area contributed by atoms with Gasteiger partial charge in [0.1, 0.15) is 0 Å². The summed E-state index contributed by atoms with van der Waals surface area (Å²) in [5.74, 6) is 0.181. The molecule has 4 heteroatoms. The Morgan fingerprint density at radius 2 is 1.40 bits per heavy atom. The number of nitrogens with one attached hydrogen (secondary N) is 1. The fourth-order valence-electron chi connectivity index (χ4n) is 2.74. The van der Waals surface area contributed by atoms with Crippen LogP contribution in [0, 0.1) is 5.41 Å². The highest BCUT2D eigenvalue weighted by Gasteiger charge is 2.27. The molecule has 0 aliphatic heterocycles. The highest BCUT2D eigenvalue weighted by molar-refractivity contribution is 5.85. The Bertz CT molecular complexity index is 598. The van der Waals surface area contributed by atoms with Crippen LogP contribution in [-0.2, 0) is 4.79 Å². The van der Waals surface area contributed by atoms with Crippen LogP contribution in [0.5, 0.6) is 0 Å². The fraction of sp³-hybridized carbons (Fsp3) is 0.381. The predicted molar refractivity (Wildman–Crippen MR) is 107 cm³/mol. The Labute approximate surface area is 157 Å². The molecule has 136 valence electrons. The highest BCUT2D eigenvalue weighted by atomic mass is 35.5. The maximum Gasteiger partial charge on any atom is 0.237 e. The minimum Gasteiger partial charge on any atom is -0.355 e. The largest absolute Gasteiger partial charge is 0.355 e. The van der Waals surface area contributed by atoms with Crippen LogP contribution in [0.25, 0.3) is 0 Å². The molecule has 0 unspecified atom stereocenters. The van der Waals surface area contributed by atoms with Crippen molar-refractivity contribution in [1.82, 2.24) is 5.32 Å². The van der Waals surface area contributed by atoms with Gasteiger partial charge in [0.15, 0.2) is 0 Å². The minimum atomic E-state index is -0.496. The Hall–Kier alpha value is -1.84. The van der Waals surface area contributed by atoms with E-state index in [9.17, 15) is 4.79 Å². The lowest BCUT2D eigenvalue weighted by Crippen LogP contribution is -2.48. The summed E-state index contributed by atoms with van der Waals surface area (Å²) >= 11 is 0.